The number of rotatable bonds is 12. The molecule has 0 spiro atoms. The Morgan fingerprint density at radius 3 is 2.59 bits per heavy atom. The number of nitrogens with one attached hydrogen (secondary N) is 2. The van der Waals surface area contributed by atoms with Gasteiger partial charge >= 0.3 is 0 Å². The van der Waals surface area contributed by atoms with Crippen molar-refractivity contribution in [3.05, 3.63) is 35.4 Å². The average molecular weight is 514 g/mol. The number of unbranched alkanes of at least 4 members (excludes halogenated alkanes) is 1. The van der Waals surface area contributed by atoms with Gasteiger partial charge in [0, 0.05) is 47.3 Å². The minimum Gasteiger partial charge on any atom is -0.385 e. The van der Waals surface area contributed by atoms with Crippen LogP contribution in [0.25, 0.3) is 0 Å². The van der Waals surface area contributed by atoms with Crippen molar-refractivity contribution < 1.29 is 14.3 Å². The van der Waals surface area contributed by atoms with Crippen LogP contribution in [0.4, 0.5) is 0 Å². The zero-order valence-electron chi connectivity index (χ0n) is 17.8. The van der Waals surface area contributed by atoms with E-state index >= 15 is 0 Å². The Balaban J connectivity index is 1.97. The number of carbonyl (C=O) groups is 2. The summed E-state index contributed by atoms with van der Waals surface area (Å²) in [7, 11) is 3.59. The maximum Gasteiger partial charge on any atom is 0.251 e. The van der Waals surface area contributed by atoms with E-state index < -0.39 is 0 Å². The number of methoxy groups -OCH3 is 1. The molecule has 0 aromatic heterocycles. The Bertz CT molecular complexity index is 659. The lowest BCUT2D eigenvalue weighted by Gasteiger charge is -2.35. The monoisotopic (exact) mass is 514 g/mol. The molecule has 0 aliphatic heterocycles. The molecule has 6 heteroatoms. The highest BCUT2D eigenvalue weighted by molar-refractivity contribution is 14.1. The predicted octanol–water partition coefficient (Wildman–Crippen LogP) is 4.53. The summed E-state index contributed by atoms with van der Waals surface area (Å²) in [6.45, 7) is 1.41. The Labute approximate surface area is 188 Å². The van der Waals surface area contributed by atoms with Crippen molar-refractivity contribution in [3.63, 3.8) is 0 Å². The minimum atomic E-state index is -0.102. The van der Waals surface area contributed by atoms with Crippen molar-refractivity contribution in [3.8, 4) is 0 Å². The Morgan fingerprint density at radius 2 is 1.90 bits per heavy atom. The number of amides is 1. The van der Waals surface area contributed by atoms with Crippen LogP contribution in [0.1, 0.15) is 78.5 Å². The second-order valence-electron chi connectivity index (χ2n) is 8.10. The number of halogens is 1. The lowest BCUT2D eigenvalue weighted by molar-refractivity contribution is 0.0931. The molecule has 5 nitrogen and oxygen atoms in total. The first-order valence-electron chi connectivity index (χ1n) is 10.7. The largest absolute Gasteiger partial charge is 0.385 e. The van der Waals surface area contributed by atoms with E-state index in [1.807, 2.05) is 7.05 Å². The van der Waals surface area contributed by atoms with Gasteiger partial charge < -0.3 is 15.4 Å². The number of ketones is 1. The third kappa shape index (κ3) is 8.34. The van der Waals surface area contributed by atoms with E-state index in [9.17, 15) is 9.59 Å². The smallest absolute Gasteiger partial charge is 0.251 e. The number of likely N-dealkylation sites (N-methyl/N-ethyl adjacent to an activating group) is 1. The van der Waals surface area contributed by atoms with E-state index in [-0.39, 0.29) is 21.2 Å². The molecule has 0 heterocycles. The molecule has 1 fully saturated rings. The molecule has 1 saturated carbocycles. The summed E-state index contributed by atoms with van der Waals surface area (Å²) in [5.74, 6) is -0.0222. The summed E-state index contributed by atoms with van der Waals surface area (Å²) < 4.78 is 5.30. The molecule has 1 amide bonds. The molecular weight excluding hydrogens is 479 g/mol. The highest BCUT2D eigenvalue weighted by Crippen LogP contribution is 2.40. The van der Waals surface area contributed by atoms with Crippen molar-refractivity contribution in [2.24, 2.45) is 0 Å². The first kappa shape index (κ1) is 24.3. The highest BCUT2D eigenvalue weighted by Gasteiger charge is 2.32. The third-order valence-electron chi connectivity index (χ3n) is 5.60. The van der Waals surface area contributed by atoms with Crippen molar-refractivity contribution in [1.82, 2.24) is 10.6 Å². The fourth-order valence-electron chi connectivity index (χ4n) is 4.03. The summed E-state index contributed by atoms with van der Waals surface area (Å²) in [6, 6.07) is 7.18. The molecule has 2 rings (SSSR count). The molecule has 162 valence electrons. The van der Waals surface area contributed by atoms with Crippen LogP contribution >= 0.6 is 22.6 Å². The lowest BCUT2D eigenvalue weighted by Crippen LogP contribution is -2.45. The molecule has 29 heavy (non-hydrogen) atoms. The van der Waals surface area contributed by atoms with Crippen LogP contribution in [-0.4, -0.2) is 48.5 Å². The van der Waals surface area contributed by atoms with Gasteiger partial charge in [-0.3, -0.25) is 9.59 Å². The molecule has 1 aromatic rings. The fourth-order valence-corrected chi connectivity index (χ4v) is 5.33. The maximum absolute atomic E-state index is 12.9. The molecular formula is C23H35IN2O3. The first-order chi connectivity index (χ1) is 14.0. The van der Waals surface area contributed by atoms with Gasteiger partial charge in [0.15, 0.2) is 5.78 Å². The van der Waals surface area contributed by atoms with Crippen LogP contribution in [0.2, 0.25) is 0 Å². The molecule has 1 aromatic carbocycles. The van der Waals surface area contributed by atoms with Crippen LogP contribution in [0.15, 0.2) is 24.3 Å². The Kier molecular flexibility index (Phi) is 10.6. The average Bonchev–Trinajstić information content (AvgIpc) is 2.71. The van der Waals surface area contributed by atoms with Crippen molar-refractivity contribution in [2.45, 2.75) is 67.3 Å². The van der Waals surface area contributed by atoms with Crippen molar-refractivity contribution >= 4 is 34.3 Å². The van der Waals surface area contributed by atoms with Crippen LogP contribution in [-0.2, 0) is 4.74 Å². The number of ether oxygens (including phenoxy) is 1. The SMILES string of the molecule is CNCC(CC1(I)CCCCC1)NC(=O)c1cccc(C(=O)CCCCOC)c1. The van der Waals surface area contributed by atoms with Crippen LogP contribution in [0.5, 0.6) is 0 Å². The Hall–Kier alpha value is -0.990. The Morgan fingerprint density at radius 1 is 1.17 bits per heavy atom. The second kappa shape index (κ2) is 12.6. The summed E-state index contributed by atoms with van der Waals surface area (Å²) in [5.41, 5.74) is 1.16. The summed E-state index contributed by atoms with van der Waals surface area (Å²) in [4.78, 5) is 25.3. The third-order valence-corrected chi connectivity index (χ3v) is 7.12. The van der Waals surface area contributed by atoms with Gasteiger partial charge in [-0.25, -0.2) is 0 Å². The number of benzene rings is 1. The number of Topliss-reactive ketones (excluding diaryl/α,β-unsaturated/α-hetero) is 1. The standard InChI is InChI=1S/C23H35IN2O3/c1-25-17-20(16-23(24)12-5-3-6-13-23)26-22(28)19-10-8-9-18(15-19)21(27)11-4-7-14-29-2/h8-10,15,20,25H,3-7,11-14,16-17H2,1-2H3,(H,26,28). The van der Waals surface area contributed by atoms with Crippen molar-refractivity contribution in [2.75, 3.05) is 27.3 Å². The van der Waals surface area contributed by atoms with E-state index in [0.29, 0.717) is 24.2 Å². The molecule has 0 radical (unpaired) electrons. The predicted molar refractivity (Wildman–Crippen MR) is 126 cm³/mol. The summed E-state index contributed by atoms with van der Waals surface area (Å²) in [6.07, 6.45) is 9.42. The van der Waals surface area contributed by atoms with Gasteiger partial charge in [-0.1, -0.05) is 54.0 Å². The quantitative estimate of drug-likeness (QED) is 0.186. The number of hydrogen-bond donors (Lipinski definition) is 2. The molecule has 1 aliphatic carbocycles. The zero-order chi connectivity index (χ0) is 21.1. The van der Waals surface area contributed by atoms with Crippen LogP contribution in [0.3, 0.4) is 0 Å². The van der Waals surface area contributed by atoms with E-state index in [4.69, 9.17) is 4.74 Å². The van der Waals surface area contributed by atoms with Gasteiger partial charge in [-0.2, -0.15) is 0 Å². The van der Waals surface area contributed by atoms with Gasteiger partial charge in [0.2, 0.25) is 0 Å². The number of carbonyl (C=O) groups excluding carboxylic acids is 2. The maximum atomic E-state index is 12.9. The summed E-state index contributed by atoms with van der Waals surface area (Å²) >= 11 is 2.61. The minimum absolute atomic E-state index is 0.0795. The van der Waals surface area contributed by atoms with Gasteiger partial charge in [0.25, 0.3) is 5.91 Å². The molecule has 1 aliphatic rings. The number of hydrogen-bond acceptors (Lipinski definition) is 4. The van der Waals surface area contributed by atoms with Gasteiger partial charge in [0.05, 0.1) is 0 Å². The van der Waals surface area contributed by atoms with Crippen LogP contribution in [0, 0.1) is 0 Å². The molecule has 0 bridgehead atoms. The zero-order valence-corrected chi connectivity index (χ0v) is 19.9. The topological polar surface area (TPSA) is 67.4 Å². The van der Waals surface area contributed by atoms with Crippen LogP contribution < -0.4 is 10.6 Å². The van der Waals surface area contributed by atoms with E-state index in [1.165, 1.54) is 32.1 Å². The highest BCUT2D eigenvalue weighted by atomic mass is 127. The first-order valence-corrected chi connectivity index (χ1v) is 11.8. The van der Waals surface area contributed by atoms with Gasteiger partial charge in [-0.05, 0) is 51.3 Å². The molecule has 0 saturated heterocycles. The lowest BCUT2D eigenvalue weighted by atomic mass is 9.84. The van der Waals surface area contributed by atoms with Crippen molar-refractivity contribution in [1.29, 1.82) is 0 Å². The molecule has 1 unspecified atom stereocenters. The van der Waals surface area contributed by atoms with Gasteiger partial charge in [0.1, 0.15) is 0 Å². The van der Waals surface area contributed by atoms with E-state index in [0.717, 1.165) is 25.8 Å². The number of alkyl halides is 1. The fraction of sp³-hybridized carbons (Fsp3) is 0.652. The molecule has 2 N–H and O–H groups in total. The van der Waals surface area contributed by atoms with E-state index in [2.05, 4.69) is 33.2 Å². The normalized spacial score (nSPS) is 16.9. The van der Waals surface area contributed by atoms with E-state index in [1.54, 1.807) is 31.4 Å². The second-order valence-corrected chi connectivity index (χ2v) is 10.4. The summed E-state index contributed by atoms with van der Waals surface area (Å²) in [5, 5.41) is 6.41. The molecule has 1 atom stereocenters. The van der Waals surface area contributed by atoms with Gasteiger partial charge in [-0.15, -0.1) is 0 Å².